The second-order valence-corrected chi connectivity index (χ2v) is 3.53. The topological polar surface area (TPSA) is 25.5 Å². The summed E-state index contributed by atoms with van der Waals surface area (Å²) in [6, 6.07) is 11.3. The van der Waals surface area contributed by atoms with Gasteiger partial charge in [0.2, 0.25) is 0 Å². The maximum atomic E-state index is 5.80. The Bertz CT molecular complexity index is 471. The molecule has 0 saturated carbocycles. The minimum atomic E-state index is 0.723. The highest BCUT2D eigenvalue weighted by molar-refractivity contribution is 6.30. The zero-order chi connectivity index (χ0) is 10.7. The van der Waals surface area contributed by atoms with Crippen LogP contribution in [0.2, 0.25) is 5.02 Å². The fourth-order valence-corrected chi connectivity index (χ4v) is 1.44. The maximum absolute atomic E-state index is 5.80. The van der Waals surface area contributed by atoms with Gasteiger partial charge < -0.3 is 4.42 Å². The molecule has 0 aliphatic carbocycles. The van der Waals surface area contributed by atoms with Gasteiger partial charge in [-0.25, -0.2) is 0 Å². The van der Waals surface area contributed by atoms with Gasteiger partial charge in [-0.15, -0.1) is 0 Å². The first kappa shape index (κ1) is 9.99. The van der Waals surface area contributed by atoms with Crippen LogP contribution in [0.3, 0.4) is 0 Å². The van der Waals surface area contributed by atoms with Crippen LogP contribution in [0.25, 0.3) is 11.3 Å². The first-order valence-electron chi connectivity index (χ1n) is 4.57. The van der Waals surface area contributed by atoms with Crippen molar-refractivity contribution in [2.45, 2.75) is 0 Å². The molecule has 0 amide bonds. The predicted molar refractivity (Wildman–Crippen MR) is 62.7 cm³/mol. The highest BCUT2D eigenvalue weighted by Crippen LogP contribution is 2.23. The van der Waals surface area contributed by atoms with Crippen molar-refractivity contribution in [3.8, 4) is 11.3 Å². The van der Waals surface area contributed by atoms with Gasteiger partial charge in [0, 0.05) is 17.6 Å². The quantitative estimate of drug-likeness (QED) is 0.708. The average molecular weight is 220 g/mol. The Hall–Kier alpha value is -1.54. The molecule has 1 aromatic heterocycles. The molecule has 0 bridgehead atoms. The third-order valence-electron chi connectivity index (χ3n) is 2.01. The molecule has 2 aromatic rings. The van der Waals surface area contributed by atoms with Crippen LogP contribution in [0.15, 0.2) is 45.8 Å². The van der Waals surface area contributed by atoms with Crippen LogP contribution in [0.5, 0.6) is 0 Å². The van der Waals surface area contributed by atoms with E-state index in [2.05, 4.69) is 4.99 Å². The van der Waals surface area contributed by atoms with Gasteiger partial charge in [-0.2, -0.15) is 0 Å². The summed E-state index contributed by atoms with van der Waals surface area (Å²) in [5, 5.41) is 0.723. The molecule has 0 saturated heterocycles. The fraction of sp³-hybridized carbons (Fsp3) is 0.0833. The second-order valence-electron chi connectivity index (χ2n) is 3.10. The van der Waals surface area contributed by atoms with Crippen LogP contribution in [0, 0.1) is 0 Å². The van der Waals surface area contributed by atoms with Crippen LogP contribution in [0.4, 0.5) is 0 Å². The summed E-state index contributed by atoms with van der Waals surface area (Å²) in [5.74, 6) is 1.57. The van der Waals surface area contributed by atoms with Gasteiger partial charge in [0.15, 0.2) is 0 Å². The van der Waals surface area contributed by atoms with Gasteiger partial charge >= 0.3 is 0 Å². The minimum Gasteiger partial charge on any atom is -0.455 e. The number of furan rings is 1. The lowest BCUT2D eigenvalue weighted by Crippen LogP contribution is -1.74. The Morgan fingerprint density at radius 3 is 2.53 bits per heavy atom. The Morgan fingerprint density at radius 1 is 1.13 bits per heavy atom. The van der Waals surface area contributed by atoms with Crippen molar-refractivity contribution in [3.05, 3.63) is 47.2 Å². The predicted octanol–water partition coefficient (Wildman–Crippen LogP) is 3.65. The van der Waals surface area contributed by atoms with Crippen molar-refractivity contribution < 1.29 is 4.42 Å². The molecule has 0 N–H and O–H groups in total. The van der Waals surface area contributed by atoms with Gasteiger partial charge in [-0.1, -0.05) is 11.6 Å². The van der Waals surface area contributed by atoms with E-state index in [4.69, 9.17) is 16.0 Å². The zero-order valence-electron chi connectivity index (χ0n) is 8.27. The summed E-state index contributed by atoms with van der Waals surface area (Å²) in [4.78, 5) is 3.89. The van der Waals surface area contributed by atoms with Crippen molar-refractivity contribution in [2.24, 2.45) is 4.99 Å². The molecule has 2 rings (SSSR count). The highest BCUT2D eigenvalue weighted by atomic mass is 35.5. The summed E-state index contributed by atoms with van der Waals surface area (Å²) in [5.41, 5.74) is 1.01. The van der Waals surface area contributed by atoms with E-state index >= 15 is 0 Å². The van der Waals surface area contributed by atoms with Crippen molar-refractivity contribution in [3.63, 3.8) is 0 Å². The highest BCUT2D eigenvalue weighted by Gasteiger charge is 2.02. The monoisotopic (exact) mass is 219 g/mol. The number of aliphatic imine (C=N–C) groups is 1. The van der Waals surface area contributed by atoms with E-state index < -0.39 is 0 Å². The molecule has 76 valence electrons. The van der Waals surface area contributed by atoms with Crippen LogP contribution in [-0.4, -0.2) is 13.3 Å². The Labute approximate surface area is 93.2 Å². The van der Waals surface area contributed by atoms with Crippen molar-refractivity contribution in [1.82, 2.24) is 0 Å². The Morgan fingerprint density at radius 2 is 1.87 bits per heavy atom. The molecule has 0 aliphatic rings. The molecule has 0 aliphatic heterocycles. The smallest absolute Gasteiger partial charge is 0.145 e. The molecule has 2 nitrogen and oxygen atoms in total. The third-order valence-corrected chi connectivity index (χ3v) is 2.26. The molecule has 1 heterocycles. The molecule has 0 atom stereocenters. The molecule has 0 fully saturated rings. The van der Waals surface area contributed by atoms with Gasteiger partial charge in [0.1, 0.15) is 11.5 Å². The van der Waals surface area contributed by atoms with E-state index in [1.165, 1.54) is 0 Å². The number of rotatable bonds is 2. The summed E-state index contributed by atoms with van der Waals surface area (Å²) >= 11 is 5.80. The normalized spacial score (nSPS) is 11.1. The largest absolute Gasteiger partial charge is 0.455 e. The number of hydrogen-bond donors (Lipinski definition) is 0. The van der Waals surface area contributed by atoms with Gasteiger partial charge in [-0.3, -0.25) is 4.99 Å². The molecular formula is C12H10ClNO. The number of halogens is 1. The van der Waals surface area contributed by atoms with E-state index in [1.54, 1.807) is 13.3 Å². The molecular weight excluding hydrogens is 210 g/mol. The number of nitrogens with zero attached hydrogens (tertiary/aromatic N) is 1. The second kappa shape index (κ2) is 4.32. The third kappa shape index (κ3) is 2.28. The first-order valence-corrected chi connectivity index (χ1v) is 4.95. The van der Waals surface area contributed by atoms with Crippen LogP contribution in [0.1, 0.15) is 5.76 Å². The van der Waals surface area contributed by atoms with Gasteiger partial charge in [0.05, 0.1) is 6.21 Å². The first-order chi connectivity index (χ1) is 7.29. The lowest BCUT2D eigenvalue weighted by molar-refractivity contribution is 0.575. The van der Waals surface area contributed by atoms with E-state index in [1.807, 2.05) is 36.4 Å². The summed E-state index contributed by atoms with van der Waals surface area (Å²) in [6.07, 6.45) is 1.68. The molecule has 3 heteroatoms. The maximum Gasteiger partial charge on any atom is 0.145 e. The Balaban J connectivity index is 2.33. The zero-order valence-corrected chi connectivity index (χ0v) is 9.03. The van der Waals surface area contributed by atoms with Crippen molar-refractivity contribution in [2.75, 3.05) is 7.05 Å². The molecule has 1 aromatic carbocycles. The van der Waals surface area contributed by atoms with Crippen molar-refractivity contribution in [1.29, 1.82) is 0 Å². The molecule has 15 heavy (non-hydrogen) atoms. The fourth-order valence-electron chi connectivity index (χ4n) is 1.32. The summed E-state index contributed by atoms with van der Waals surface area (Å²) in [6.45, 7) is 0. The van der Waals surface area contributed by atoms with E-state index in [0.29, 0.717) is 0 Å². The molecule has 0 spiro atoms. The minimum absolute atomic E-state index is 0.723. The average Bonchev–Trinajstić information content (AvgIpc) is 2.68. The van der Waals surface area contributed by atoms with Gasteiger partial charge in [0.25, 0.3) is 0 Å². The van der Waals surface area contributed by atoms with E-state index in [9.17, 15) is 0 Å². The standard InChI is InChI=1S/C12H10ClNO/c1-14-8-11-6-7-12(15-11)9-2-4-10(13)5-3-9/h2-8H,1H3. The lowest BCUT2D eigenvalue weighted by atomic mass is 10.2. The molecule has 0 radical (unpaired) electrons. The van der Waals surface area contributed by atoms with Crippen molar-refractivity contribution >= 4 is 17.8 Å². The van der Waals surface area contributed by atoms with Crippen LogP contribution < -0.4 is 0 Å². The van der Waals surface area contributed by atoms with Crippen LogP contribution in [-0.2, 0) is 0 Å². The van der Waals surface area contributed by atoms with Crippen LogP contribution >= 0.6 is 11.6 Å². The SMILES string of the molecule is CN=Cc1ccc(-c2ccc(Cl)cc2)o1. The van der Waals surface area contributed by atoms with Gasteiger partial charge in [-0.05, 0) is 36.4 Å². The van der Waals surface area contributed by atoms with E-state index in [0.717, 1.165) is 22.1 Å². The molecule has 0 unspecified atom stereocenters. The summed E-state index contributed by atoms with van der Waals surface area (Å²) in [7, 11) is 1.71. The summed E-state index contributed by atoms with van der Waals surface area (Å²) < 4.78 is 5.56. The Kier molecular flexibility index (Phi) is 2.88. The lowest BCUT2D eigenvalue weighted by Gasteiger charge is -1.96. The number of hydrogen-bond acceptors (Lipinski definition) is 2. The number of benzene rings is 1. The van der Waals surface area contributed by atoms with E-state index in [-0.39, 0.29) is 0 Å².